The van der Waals surface area contributed by atoms with E-state index >= 15 is 0 Å². The molecule has 1 aromatic rings. The van der Waals surface area contributed by atoms with Crippen LogP contribution in [0.4, 0.5) is 5.69 Å². The molecule has 6 heteroatoms. The SMILES string of the molecule is CCCCOCCOCCOCCOCCOc1ccc(N(C)C)cc1. The van der Waals surface area contributed by atoms with Gasteiger partial charge in [0, 0.05) is 26.4 Å². The van der Waals surface area contributed by atoms with E-state index in [1.165, 1.54) is 0 Å². The molecule has 1 aromatic carbocycles. The molecule has 26 heavy (non-hydrogen) atoms. The largest absolute Gasteiger partial charge is 0.491 e. The van der Waals surface area contributed by atoms with Crippen LogP contribution < -0.4 is 9.64 Å². The van der Waals surface area contributed by atoms with Gasteiger partial charge < -0.3 is 28.6 Å². The summed E-state index contributed by atoms with van der Waals surface area (Å²) in [6.07, 6.45) is 2.27. The molecule has 150 valence electrons. The number of hydrogen-bond donors (Lipinski definition) is 0. The van der Waals surface area contributed by atoms with E-state index in [1.54, 1.807) is 0 Å². The molecule has 1 rings (SSSR count). The van der Waals surface area contributed by atoms with E-state index in [4.69, 9.17) is 23.7 Å². The van der Waals surface area contributed by atoms with Crippen LogP contribution in [0.25, 0.3) is 0 Å². The second kappa shape index (κ2) is 15.9. The van der Waals surface area contributed by atoms with Gasteiger partial charge in [-0.1, -0.05) is 13.3 Å². The third kappa shape index (κ3) is 12.1. The highest BCUT2D eigenvalue weighted by Gasteiger charge is 1.97. The molecule has 0 bridgehead atoms. The molecule has 0 N–H and O–H groups in total. The van der Waals surface area contributed by atoms with Crippen LogP contribution in [0.15, 0.2) is 24.3 Å². The minimum absolute atomic E-state index is 0.530. The average Bonchev–Trinajstić information content (AvgIpc) is 2.65. The number of nitrogens with zero attached hydrogens (tertiary/aromatic N) is 1. The molecule has 0 aliphatic carbocycles. The van der Waals surface area contributed by atoms with Crippen molar-refractivity contribution in [2.45, 2.75) is 19.8 Å². The Labute approximate surface area is 158 Å². The van der Waals surface area contributed by atoms with Crippen LogP contribution in [-0.2, 0) is 18.9 Å². The first-order valence-electron chi connectivity index (χ1n) is 9.45. The molecule has 0 atom stereocenters. The van der Waals surface area contributed by atoms with E-state index in [1.807, 2.05) is 38.4 Å². The molecule has 0 amide bonds. The van der Waals surface area contributed by atoms with Gasteiger partial charge in [-0.3, -0.25) is 0 Å². The molecule has 6 nitrogen and oxygen atoms in total. The molecular weight excluding hydrogens is 334 g/mol. The number of ether oxygens (including phenoxy) is 5. The molecule has 0 aromatic heterocycles. The summed E-state index contributed by atoms with van der Waals surface area (Å²) in [5, 5.41) is 0. The first-order chi connectivity index (χ1) is 12.7. The molecule has 0 fully saturated rings. The molecule has 0 unspecified atom stereocenters. The van der Waals surface area contributed by atoms with Gasteiger partial charge >= 0.3 is 0 Å². The number of unbranched alkanes of at least 4 members (excludes halogenated alkanes) is 1. The Morgan fingerprint density at radius 2 is 1.12 bits per heavy atom. The molecule has 0 aliphatic heterocycles. The van der Waals surface area contributed by atoms with Gasteiger partial charge in [-0.25, -0.2) is 0 Å². The van der Waals surface area contributed by atoms with Crippen LogP contribution in [0.5, 0.6) is 5.75 Å². The highest BCUT2D eigenvalue weighted by Crippen LogP contribution is 2.17. The summed E-state index contributed by atoms with van der Waals surface area (Å²) in [6, 6.07) is 7.99. The Morgan fingerprint density at radius 1 is 0.654 bits per heavy atom. The van der Waals surface area contributed by atoms with Crippen molar-refractivity contribution in [3.63, 3.8) is 0 Å². The zero-order valence-electron chi connectivity index (χ0n) is 16.6. The molecule has 0 radical (unpaired) electrons. The fraction of sp³-hybridized carbons (Fsp3) is 0.700. The van der Waals surface area contributed by atoms with Crippen LogP contribution in [0.1, 0.15) is 19.8 Å². The Bertz CT molecular complexity index is 425. The quantitative estimate of drug-likeness (QED) is 0.394. The summed E-state index contributed by atoms with van der Waals surface area (Å²) in [7, 11) is 4.03. The fourth-order valence-electron chi connectivity index (χ4n) is 2.07. The van der Waals surface area contributed by atoms with Crippen LogP contribution in [0.2, 0.25) is 0 Å². The number of hydrogen-bond acceptors (Lipinski definition) is 6. The molecule has 0 heterocycles. The maximum atomic E-state index is 5.63. The summed E-state index contributed by atoms with van der Waals surface area (Å²) >= 11 is 0. The normalized spacial score (nSPS) is 10.9. The third-order valence-electron chi connectivity index (χ3n) is 3.61. The van der Waals surface area contributed by atoms with Crippen molar-refractivity contribution < 1.29 is 23.7 Å². The van der Waals surface area contributed by atoms with Crippen LogP contribution in [0.3, 0.4) is 0 Å². The molecule has 0 saturated carbocycles. The average molecular weight is 370 g/mol. The van der Waals surface area contributed by atoms with E-state index in [9.17, 15) is 0 Å². The smallest absolute Gasteiger partial charge is 0.119 e. The van der Waals surface area contributed by atoms with E-state index < -0.39 is 0 Å². The lowest BCUT2D eigenvalue weighted by Crippen LogP contribution is -2.14. The summed E-state index contributed by atoms with van der Waals surface area (Å²) < 4.78 is 27.4. The Kier molecular flexibility index (Phi) is 13.9. The summed E-state index contributed by atoms with van der Waals surface area (Å²) in [5.41, 5.74) is 1.15. The first-order valence-corrected chi connectivity index (χ1v) is 9.45. The number of anilines is 1. The third-order valence-corrected chi connectivity index (χ3v) is 3.61. The lowest BCUT2D eigenvalue weighted by Gasteiger charge is -2.13. The van der Waals surface area contributed by atoms with Crippen molar-refractivity contribution in [1.82, 2.24) is 0 Å². The van der Waals surface area contributed by atoms with Crippen molar-refractivity contribution in [2.24, 2.45) is 0 Å². The van der Waals surface area contributed by atoms with E-state index in [2.05, 4.69) is 11.8 Å². The minimum atomic E-state index is 0.530. The van der Waals surface area contributed by atoms with E-state index in [0.29, 0.717) is 52.9 Å². The van der Waals surface area contributed by atoms with Crippen molar-refractivity contribution in [3.05, 3.63) is 24.3 Å². The van der Waals surface area contributed by atoms with Crippen LogP contribution in [0, 0.1) is 0 Å². The first kappa shape index (κ1) is 22.7. The van der Waals surface area contributed by atoms with Crippen molar-refractivity contribution in [3.8, 4) is 5.75 Å². The second-order valence-corrected chi connectivity index (χ2v) is 6.04. The minimum Gasteiger partial charge on any atom is -0.491 e. The lowest BCUT2D eigenvalue weighted by molar-refractivity contribution is -0.00478. The fourth-order valence-corrected chi connectivity index (χ4v) is 2.07. The Hall–Kier alpha value is -1.34. The topological polar surface area (TPSA) is 49.4 Å². The molecule has 0 saturated heterocycles. The van der Waals surface area contributed by atoms with Gasteiger partial charge in [0.2, 0.25) is 0 Å². The predicted molar refractivity (Wildman–Crippen MR) is 104 cm³/mol. The predicted octanol–water partition coefficient (Wildman–Crippen LogP) is 3.00. The summed E-state index contributed by atoms with van der Waals surface area (Å²) in [5.74, 6) is 0.853. The lowest BCUT2D eigenvalue weighted by atomic mass is 10.3. The highest BCUT2D eigenvalue weighted by atomic mass is 16.6. The Morgan fingerprint density at radius 3 is 1.58 bits per heavy atom. The standard InChI is InChI=1S/C20H35NO5/c1-4-5-10-22-11-12-23-13-14-24-15-16-25-17-18-26-20-8-6-19(7-9-20)21(2)3/h6-9H,4-5,10-18H2,1-3H3. The van der Waals surface area contributed by atoms with Gasteiger partial charge in [-0.15, -0.1) is 0 Å². The van der Waals surface area contributed by atoms with Gasteiger partial charge in [-0.05, 0) is 30.7 Å². The summed E-state index contributed by atoms with van der Waals surface area (Å²) in [4.78, 5) is 2.05. The Balaban J connectivity index is 1.82. The number of benzene rings is 1. The van der Waals surface area contributed by atoms with Gasteiger partial charge in [-0.2, -0.15) is 0 Å². The zero-order chi connectivity index (χ0) is 18.9. The molecule has 0 spiro atoms. The number of rotatable bonds is 17. The maximum absolute atomic E-state index is 5.63. The van der Waals surface area contributed by atoms with Gasteiger partial charge in [0.1, 0.15) is 12.4 Å². The monoisotopic (exact) mass is 369 g/mol. The van der Waals surface area contributed by atoms with Crippen molar-refractivity contribution in [2.75, 3.05) is 78.5 Å². The highest BCUT2D eigenvalue weighted by molar-refractivity contribution is 5.47. The van der Waals surface area contributed by atoms with Crippen molar-refractivity contribution >= 4 is 5.69 Å². The van der Waals surface area contributed by atoms with E-state index in [0.717, 1.165) is 30.9 Å². The zero-order valence-corrected chi connectivity index (χ0v) is 16.6. The van der Waals surface area contributed by atoms with Gasteiger partial charge in [0.15, 0.2) is 0 Å². The van der Waals surface area contributed by atoms with Crippen LogP contribution in [-0.4, -0.2) is 73.6 Å². The molecule has 0 aliphatic rings. The van der Waals surface area contributed by atoms with Gasteiger partial charge in [0.25, 0.3) is 0 Å². The maximum Gasteiger partial charge on any atom is 0.119 e. The van der Waals surface area contributed by atoms with E-state index in [-0.39, 0.29) is 0 Å². The van der Waals surface area contributed by atoms with Crippen molar-refractivity contribution in [1.29, 1.82) is 0 Å². The molecular formula is C20H35NO5. The van der Waals surface area contributed by atoms with Gasteiger partial charge in [0.05, 0.1) is 46.2 Å². The second-order valence-electron chi connectivity index (χ2n) is 6.04. The summed E-state index contributed by atoms with van der Waals surface area (Å²) in [6.45, 7) is 7.61. The van der Waals surface area contributed by atoms with Crippen LogP contribution >= 0.6 is 0 Å².